The van der Waals surface area contributed by atoms with E-state index in [0.717, 1.165) is 17.8 Å². The first-order valence-electron chi connectivity index (χ1n) is 5.80. The first kappa shape index (κ1) is 10.1. The lowest BCUT2D eigenvalue weighted by atomic mass is 10.1. The zero-order valence-corrected chi connectivity index (χ0v) is 9.77. The minimum Gasteiger partial charge on any atom is -0.386 e. The zero-order chi connectivity index (χ0) is 11.7. The zero-order valence-electron chi connectivity index (χ0n) is 9.77. The SMILES string of the molecule is CNc1cccnc1C1=Cc2ccccc2C1. The first-order valence-corrected chi connectivity index (χ1v) is 5.80. The van der Waals surface area contributed by atoms with Crippen LogP contribution < -0.4 is 5.32 Å². The standard InChI is InChI=1S/C15H14N2/c1-16-14-7-4-8-17-15(14)13-9-11-5-2-3-6-12(11)10-13/h2-9,16H,10H2,1H3. The third kappa shape index (κ3) is 1.72. The number of aromatic nitrogens is 1. The molecule has 0 unspecified atom stereocenters. The van der Waals surface area contributed by atoms with Gasteiger partial charge in [-0.05, 0) is 34.9 Å². The maximum Gasteiger partial charge on any atom is 0.0896 e. The highest BCUT2D eigenvalue weighted by atomic mass is 14.9. The van der Waals surface area contributed by atoms with Crippen LogP contribution >= 0.6 is 0 Å². The van der Waals surface area contributed by atoms with Gasteiger partial charge in [-0.2, -0.15) is 0 Å². The Hall–Kier alpha value is -2.09. The summed E-state index contributed by atoms with van der Waals surface area (Å²) in [6, 6.07) is 12.5. The molecule has 1 N–H and O–H groups in total. The Morgan fingerprint density at radius 3 is 2.82 bits per heavy atom. The maximum absolute atomic E-state index is 4.48. The Labute approximate surface area is 101 Å². The highest BCUT2D eigenvalue weighted by Crippen LogP contribution is 2.33. The molecule has 1 aromatic carbocycles. The van der Waals surface area contributed by atoms with Crippen LogP contribution in [0.25, 0.3) is 11.6 Å². The quantitative estimate of drug-likeness (QED) is 0.843. The molecule has 0 saturated carbocycles. The van der Waals surface area contributed by atoms with Crippen molar-refractivity contribution in [3.8, 4) is 0 Å². The second kappa shape index (κ2) is 4.06. The summed E-state index contributed by atoms with van der Waals surface area (Å²) in [6.45, 7) is 0. The molecular formula is C15H14N2. The molecule has 2 heteroatoms. The van der Waals surface area contributed by atoms with E-state index in [1.807, 2.05) is 19.3 Å². The third-order valence-corrected chi connectivity index (χ3v) is 3.15. The molecule has 17 heavy (non-hydrogen) atoms. The fraction of sp³-hybridized carbons (Fsp3) is 0.133. The summed E-state index contributed by atoms with van der Waals surface area (Å²) in [5.41, 5.74) is 6.14. The molecule has 0 radical (unpaired) electrons. The van der Waals surface area contributed by atoms with Gasteiger partial charge in [-0.1, -0.05) is 24.3 Å². The van der Waals surface area contributed by atoms with Crippen LogP contribution in [-0.4, -0.2) is 12.0 Å². The maximum atomic E-state index is 4.48. The number of pyridine rings is 1. The number of hydrogen-bond acceptors (Lipinski definition) is 2. The topological polar surface area (TPSA) is 24.9 Å². The van der Waals surface area contributed by atoms with Gasteiger partial charge in [0, 0.05) is 19.7 Å². The monoisotopic (exact) mass is 222 g/mol. The number of fused-ring (bicyclic) bond motifs is 1. The molecule has 2 aromatic rings. The van der Waals surface area contributed by atoms with E-state index in [1.165, 1.54) is 16.7 Å². The molecule has 1 aliphatic carbocycles. The summed E-state index contributed by atoms with van der Waals surface area (Å²) in [5.74, 6) is 0. The Bertz CT molecular complexity index is 585. The molecule has 84 valence electrons. The summed E-state index contributed by atoms with van der Waals surface area (Å²) in [7, 11) is 1.93. The predicted molar refractivity (Wildman–Crippen MR) is 71.8 cm³/mol. The Kier molecular flexibility index (Phi) is 2.41. The van der Waals surface area contributed by atoms with E-state index in [4.69, 9.17) is 0 Å². The van der Waals surface area contributed by atoms with E-state index in [0.29, 0.717) is 0 Å². The van der Waals surface area contributed by atoms with Gasteiger partial charge in [-0.15, -0.1) is 0 Å². The van der Waals surface area contributed by atoms with Gasteiger partial charge in [0.2, 0.25) is 0 Å². The van der Waals surface area contributed by atoms with Gasteiger partial charge in [0.1, 0.15) is 0 Å². The first-order chi connectivity index (χ1) is 8.38. The summed E-state index contributed by atoms with van der Waals surface area (Å²) >= 11 is 0. The molecule has 0 saturated heterocycles. The minimum atomic E-state index is 0.974. The minimum absolute atomic E-state index is 0.974. The van der Waals surface area contributed by atoms with Crippen molar-refractivity contribution in [3.05, 3.63) is 59.4 Å². The van der Waals surface area contributed by atoms with E-state index < -0.39 is 0 Å². The normalized spacial score (nSPS) is 13.1. The van der Waals surface area contributed by atoms with Crippen molar-refractivity contribution in [1.29, 1.82) is 0 Å². The van der Waals surface area contributed by atoms with Gasteiger partial charge in [0.25, 0.3) is 0 Å². The smallest absolute Gasteiger partial charge is 0.0896 e. The van der Waals surface area contributed by atoms with Crippen LogP contribution in [0.5, 0.6) is 0 Å². The molecule has 3 rings (SSSR count). The molecule has 1 aromatic heterocycles. The van der Waals surface area contributed by atoms with Crippen LogP contribution in [0, 0.1) is 0 Å². The third-order valence-electron chi connectivity index (χ3n) is 3.15. The molecule has 1 aliphatic rings. The number of allylic oxidation sites excluding steroid dienone is 1. The van der Waals surface area contributed by atoms with Crippen LogP contribution in [0.3, 0.4) is 0 Å². The van der Waals surface area contributed by atoms with Crippen molar-refractivity contribution in [2.45, 2.75) is 6.42 Å². The largest absolute Gasteiger partial charge is 0.386 e. The average Bonchev–Trinajstić information content (AvgIpc) is 2.82. The van der Waals surface area contributed by atoms with E-state index in [-0.39, 0.29) is 0 Å². The number of hydrogen-bond donors (Lipinski definition) is 1. The van der Waals surface area contributed by atoms with Crippen molar-refractivity contribution in [1.82, 2.24) is 4.98 Å². The van der Waals surface area contributed by atoms with Crippen molar-refractivity contribution < 1.29 is 0 Å². The van der Waals surface area contributed by atoms with E-state index in [2.05, 4.69) is 46.7 Å². The predicted octanol–water partition coefficient (Wildman–Crippen LogP) is 3.22. The molecule has 2 nitrogen and oxygen atoms in total. The van der Waals surface area contributed by atoms with E-state index in [1.54, 1.807) is 0 Å². The summed E-state index contributed by atoms with van der Waals surface area (Å²) < 4.78 is 0. The van der Waals surface area contributed by atoms with Crippen LogP contribution in [-0.2, 0) is 6.42 Å². The number of rotatable bonds is 2. The van der Waals surface area contributed by atoms with Gasteiger partial charge in [0.15, 0.2) is 0 Å². The van der Waals surface area contributed by atoms with Crippen molar-refractivity contribution in [2.24, 2.45) is 0 Å². The van der Waals surface area contributed by atoms with Gasteiger partial charge in [-0.25, -0.2) is 0 Å². The Balaban J connectivity index is 2.04. The lowest BCUT2D eigenvalue weighted by molar-refractivity contribution is 1.22. The molecule has 0 spiro atoms. The molecule has 0 atom stereocenters. The molecule has 0 bridgehead atoms. The van der Waals surface area contributed by atoms with E-state index >= 15 is 0 Å². The number of nitrogens with zero attached hydrogens (tertiary/aromatic N) is 1. The Morgan fingerprint density at radius 2 is 2.00 bits per heavy atom. The molecule has 0 amide bonds. The fourth-order valence-electron chi connectivity index (χ4n) is 2.29. The second-order valence-electron chi connectivity index (χ2n) is 4.19. The molecule has 0 fully saturated rings. The van der Waals surface area contributed by atoms with Crippen molar-refractivity contribution >= 4 is 17.3 Å². The summed E-state index contributed by atoms with van der Waals surface area (Å²) in [5, 5.41) is 3.20. The van der Waals surface area contributed by atoms with E-state index in [9.17, 15) is 0 Å². The highest BCUT2D eigenvalue weighted by Gasteiger charge is 2.16. The molecular weight excluding hydrogens is 208 g/mol. The lowest BCUT2D eigenvalue weighted by Crippen LogP contribution is -1.97. The van der Waals surface area contributed by atoms with Crippen LogP contribution in [0.4, 0.5) is 5.69 Å². The van der Waals surface area contributed by atoms with Crippen molar-refractivity contribution in [2.75, 3.05) is 12.4 Å². The van der Waals surface area contributed by atoms with Crippen molar-refractivity contribution in [3.63, 3.8) is 0 Å². The Morgan fingerprint density at radius 1 is 1.12 bits per heavy atom. The van der Waals surface area contributed by atoms with Gasteiger partial charge in [0.05, 0.1) is 11.4 Å². The number of anilines is 1. The number of nitrogens with one attached hydrogen (secondary N) is 1. The average molecular weight is 222 g/mol. The summed E-state index contributed by atoms with van der Waals surface area (Å²) in [4.78, 5) is 4.48. The number of benzene rings is 1. The second-order valence-corrected chi connectivity index (χ2v) is 4.19. The van der Waals surface area contributed by atoms with Gasteiger partial charge in [-0.3, -0.25) is 4.98 Å². The van der Waals surface area contributed by atoms with Crippen LogP contribution in [0.1, 0.15) is 16.8 Å². The summed E-state index contributed by atoms with van der Waals surface area (Å²) in [6.07, 6.45) is 5.06. The molecule has 0 aliphatic heterocycles. The highest BCUT2D eigenvalue weighted by molar-refractivity contribution is 5.90. The molecule has 1 heterocycles. The fourth-order valence-corrected chi connectivity index (χ4v) is 2.29. The van der Waals surface area contributed by atoms with Crippen LogP contribution in [0.15, 0.2) is 42.6 Å². The van der Waals surface area contributed by atoms with Gasteiger partial charge >= 0.3 is 0 Å². The lowest BCUT2D eigenvalue weighted by Gasteiger charge is -2.08. The van der Waals surface area contributed by atoms with Gasteiger partial charge < -0.3 is 5.32 Å². The van der Waals surface area contributed by atoms with Crippen LogP contribution in [0.2, 0.25) is 0 Å².